The van der Waals surface area contributed by atoms with Crippen LogP contribution in [0.4, 0.5) is 0 Å². The highest BCUT2D eigenvalue weighted by atomic mass is 35.5. The van der Waals surface area contributed by atoms with Crippen molar-refractivity contribution in [2.75, 3.05) is 12.3 Å². The second-order valence-electron chi connectivity index (χ2n) is 7.03. The van der Waals surface area contributed by atoms with Crippen LogP contribution in [0.5, 0.6) is 0 Å². The summed E-state index contributed by atoms with van der Waals surface area (Å²) in [6, 6.07) is 11.9. The number of nitrogens with one attached hydrogen (secondary N) is 1. The summed E-state index contributed by atoms with van der Waals surface area (Å²) in [5.74, 6) is -0.139. The number of halogens is 3. The SMILES string of the molecule is CCCCNC(=O)[C@@H](CC)N(Cc1c(Cl)cccc1Cl)C(=O)CSc1ccc(Cl)cc1. The zero-order chi connectivity index (χ0) is 22.8. The van der Waals surface area contributed by atoms with Crippen LogP contribution >= 0.6 is 46.6 Å². The van der Waals surface area contributed by atoms with Gasteiger partial charge in [0.1, 0.15) is 6.04 Å². The molecule has 8 heteroatoms. The van der Waals surface area contributed by atoms with E-state index in [1.165, 1.54) is 11.8 Å². The lowest BCUT2D eigenvalue weighted by Gasteiger charge is -2.31. The molecule has 0 heterocycles. The Bertz CT molecular complexity index is 857. The number of amides is 2. The monoisotopic (exact) mass is 500 g/mol. The van der Waals surface area contributed by atoms with Crippen LogP contribution in [-0.4, -0.2) is 35.1 Å². The lowest BCUT2D eigenvalue weighted by atomic mass is 10.1. The maximum Gasteiger partial charge on any atom is 0.242 e. The summed E-state index contributed by atoms with van der Waals surface area (Å²) in [7, 11) is 0. The topological polar surface area (TPSA) is 49.4 Å². The van der Waals surface area contributed by atoms with Gasteiger partial charge in [-0.1, -0.05) is 61.1 Å². The quantitative estimate of drug-likeness (QED) is 0.284. The summed E-state index contributed by atoms with van der Waals surface area (Å²) in [6.45, 7) is 4.70. The van der Waals surface area contributed by atoms with Gasteiger partial charge in [0.05, 0.1) is 5.75 Å². The Balaban J connectivity index is 2.23. The van der Waals surface area contributed by atoms with Crippen molar-refractivity contribution < 1.29 is 9.59 Å². The van der Waals surface area contributed by atoms with Crippen LogP contribution in [0.3, 0.4) is 0 Å². The van der Waals surface area contributed by atoms with Gasteiger partial charge >= 0.3 is 0 Å². The molecular formula is C23H27Cl3N2O2S. The zero-order valence-corrected chi connectivity index (χ0v) is 20.8. The van der Waals surface area contributed by atoms with Gasteiger partial charge in [-0.25, -0.2) is 0 Å². The summed E-state index contributed by atoms with van der Waals surface area (Å²) in [4.78, 5) is 28.6. The van der Waals surface area contributed by atoms with Crippen LogP contribution in [0.15, 0.2) is 47.4 Å². The second-order valence-corrected chi connectivity index (χ2v) is 9.33. The Labute approximate surface area is 203 Å². The first-order valence-corrected chi connectivity index (χ1v) is 12.4. The molecule has 1 N–H and O–H groups in total. The summed E-state index contributed by atoms with van der Waals surface area (Å²) in [6.07, 6.45) is 2.35. The van der Waals surface area contributed by atoms with Crippen molar-refractivity contribution in [1.29, 1.82) is 0 Å². The third-order valence-corrected chi connectivity index (χ3v) is 6.74. The van der Waals surface area contributed by atoms with E-state index < -0.39 is 6.04 Å². The number of benzene rings is 2. The molecular weight excluding hydrogens is 475 g/mol. The smallest absolute Gasteiger partial charge is 0.242 e. The summed E-state index contributed by atoms with van der Waals surface area (Å²) in [5.41, 5.74) is 0.635. The average molecular weight is 502 g/mol. The van der Waals surface area contributed by atoms with Crippen LogP contribution in [0, 0.1) is 0 Å². The molecule has 0 spiro atoms. The van der Waals surface area contributed by atoms with Gasteiger partial charge in [0.25, 0.3) is 0 Å². The number of rotatable bonds is 11. The lowest BCUT2D eigenvalue weighted by Crippen LogP contribution is -2.49. The van der Waals surface area contributed by atoms with Crippen molar-refractivity contribution in [2.24, 2.45) is 0 Å². The molecule has 2 amide bonds. The highest BCUT2D eigenvalue weighted by Gasteiger charge is 2.29. The van der Waals surface area contributed by atoms with Gasteiger partial charge in [0, 0.05) is 38.6 Å². The van der Waals surface area contributed by atoms with Crippen molar-refractivity contribution in [2.45, 2.75) is 50.6 Å². The normalized spacial score (nSPS) is 11.8. The minimum Gasteiger partial charge on any atom is -0.354 e. The lowest BCUT2D eigenvalue weighted by molar-refractivity contribution is -0.139. The Kier molecular flexibility index (Phi) is 11.0. The van der Waals surface area contributed by atoms with Gasteiger partial charge in [-0.3, -0.25) is 9.59 Å². The van der Waals surface area contributed by atoms with Crippen molar-refractivity contribution in [3.05, 3.63) is 63.1 Å². The molecule has 31 heavy (non-hydrogen) atoms. The Hall–Kier alpha value is -1.40. The van der Waals surface area contributed by atoms with E-state index in [2.05, 4.69) is 12.2 Å². The van der Waals surface area contributed by atoms with E-state index >= 15 is 0 Å². The fourth-order valence-corrected chi connectivity index (χ4v) is 4.47. The fourth-order valence-electron chi connectivity index (χ4n) is 3.04. The molecule has 0 fully saturated rings. The van der Waals surface area contributed by atoms with Crippen LogP contribution in [-0.2, 0) is 16.1 Å². The van der Waals surface area contributed by atoms with E-state index in [1.54, 1.807) is 35.2 Å². The molecule has 0 aromatic heterocycles. The molecule has 2 aromatic carbocycles. The van der Waals surface area contributed by atoms with E-state index in [1.807, 2.05) is 19.1 Å². The zero-order valence-electron chi connectivity index (χ0n) is 17.7. The van der Waals surface area contributed by atoms with Crippen LogP contribution < -0.4 is 5.32 Å². The second kappa shape index (κ2) is 13.2. The molecule has 0 radical (unpaired) electrons. The van der Waals surface area contributed by atoms with E-state index in [0.29, 0.717) is 33.6 Å². The number of carbonyl (C=O) groups is 2. The molecule has 0 saturated carbocycles. The molecule has 0 unspecified atom stereocenters. The maximum atomic E-state index is 13.3. The predicted octanol–water partition coefficient (Wildman–Crippen LogP) is 6.46. The van der Waals surface area contributed by atoms with Gasteiger partial charge in [-0.2, -0.15) is 0 Å². The molecule has 0 aliphatic rings. The van der Waals surface area contributed by atoms with E-state index in [-0.39, 0.29) is 24.1 Å². The first-order valence-electron chi connectivity index (χ1n) is 10.3. The number of hydrogen-bond donors (Lipinski definition) is 1. The maximum absolute atomic E-state index is 13.3. The van der Waals surface area contributed by atoms with E-state index in [9.17, 15) is 9.59 Å². The first-order chi connectivity index (χ1) is 14.9. The summed E-state index contributed by atoms with van der Waals surface area (Å²) in [5, 5.41) is 4.52. The highest BCUT2D eigenvalue weighted by molar-refractivity contribution is 8.00. The number of carbonyl (C=O) groups excluding carboxylic acids is 2. The molecule has 1 atom stereocenters. The Morgan fingerprint density at radius 2 is 1.68 bits per heavy atom. The third-order valence-electron chi connectivity index (χ3n) is 4.78. The minimum atomic E-state index is -0.609. The summed E-state index contributed by atoms with van der Waals surface area (Å²) >= 11 is 20.0. The van der Waals surface area contributed by atoms with Gasteiger partial charge < -0.3 is 10.2 Å². The van der Waals surface area contributed by atoms with Crippen molar-refractivity contribution >= 4 is 58.4 Å². The predicted molar refractivity (Wildman–Crippen MR) is 131 cm³/mol. The third kappa shape index (κ3) is 7.90. The van der Waals surface area contributed by atoms with Crippen LogP contribution in [0.2, 0.25) is 15.1 Å². The molecule has 0 saturated heterocycles. The number of thioether (sulfide) groups is 1. The Morgan fingerprint density at radius 1 is 1.03 bits per heavy atom. The van der Waals surface area contributed by atoms with Gasteiger partial charge in [0.2, 0.25) is 11.8 Å². The van der Waals surface area contributed by atoms with Crippen LogP contribution in [0.25, 0.3) is 0 Å². The fraction of sp³-hybridized carbons (Fsp3) is 0.391. The largest absolute Gasteiger partial charge is 0.354 e. The minimum absolute atomic E-state index is 0.159. The molecule has 0 aliphatic carbocycles. The van der Waals surface area contributed by atoms with Crippen molar-refractivity contribution in [3.8, 4) is 0 Å². The number of unbranched alkanes of at least 4 members (excludes halogenated alkanes) is 1. The molecule has 2 aromatic rings. The van der Waals surface area contributed by atoms with Crippen molar-refractivity contribution in [3.63, 3.8) is 0 Å². The number of hydrogen-bond acceptors (Lipinski definition) is 3. The molecule has 2 rings (SSSR count). The van der Waals surface area contributed by atoms with Crippen LogP contribution in [0.1, 0.15) is 38.7 Å². The molecule has 0 bridgehead atoms. The molecule has 168 valence electrons. The average Bonchev–Trinajstić information content (AvgIpc) is 2.75. The molecule has 4 nitrogen and oxygen atoms in total. The summed E-state index contributed by atoms with van der Waals surface area (Å²) < 4.78 is 0. The van der Waals surface area contributed by atoms with Crippen molar-refractivity contribution in [1.82, 2.24) is 10.2 Å². The van der Waals surface area contributed by atoms with Gasteiger partial charge in [0.15, 0.2) is 0 Å². The van der Waals surface area contributed by atoms with Gasteiger partial charge in [-0.05, 0) is 49.2 Å². The van der Waals surface area contributed by atoms with E-state index in [4.69, 9.17) is 34.8 Å². The standard InChI is InChI=1S/C23H27Cl3N2O2S/c1-3-5-13-27-23(30)21(4-2)28(14-18-19(25)7-6-8-20(18)26)22(29)15-31-17-11-9-16(24)10-12-17/h6-12,21H,3-5,13-15H2,1-2H3,(H,27,30)/t21-/m1/s1. The highest BCUT2D eigenvalue weighted by Crippen LogP contribution is 2.28. The number of nitrogens with zero attached hydrogens (tertiary/aromatic N) is 1. The van der Waals surface area contributed by atoms with Gasteiger partial charge in [-0.15, -0.1) is 11.8 Å². The first kappa shape index (κ1) is 25.9. The Morgan fingerprint density at radius 3 is 2.26 bits per heavy atom. The molecule has 0 aliphatic heterocycles. The van der Waals surface area contributed by atoms with E-state index in [0.717, 1.165) is 17.7 Å².